The standard InChI is InChI=1S/C16H24N4O4/c1-10(21)18-15-13(19-20-17)8-11(16(22)23-2)9-14(15)24-12-6-4-3-5-7-12/h9,12-15H,3-8H2,1-2H3,(H,18,21)/t13-,14+,15+/m0/s1. The fourth-order valence-corrected chi connectivity index (χ4v) is 3.36. The van der Waals surface area contributed by atoms with Gasteiger partial charge in [-0.3, -0.25) is 4.79 Å². The molecular weight excluding hydrogens is 312 g/mol. The van der Waals surface area contributed by atoms with E-state index in [4.69, 9.17) is 15.0 Å². The molecule has 0 radical (unpaired) electrons. The van der Waals surface area contributed by atoms with Crippen molar-refractivity contribution in [3.8, 4) is 0 Å². The van der Waals surface area contributed by atoms with Crippen LogP contribution in [0.1, 0.15) is 45.4 Å². The van der Waals surface area contributed by atoms with Gasteiger partial charge in [-0.15, -0.1) is 0 Å². The van der Waals surface area contributed by atoms with Crippen molar-refractivity contribution in [1.82, 2.24) is 5.32 Å². The van der Waals surface area contributed by atoms with Crippen molar-refractivity contribution < 1.29 is 19.1 Å². The van der Waals surface area contributed by atoms with Gasteiger partial charge in [0.2, 0.25) is 5.91 Å². The summed E-state index contributed by atoms with van der Waals surface area (Å²) in [6.07, 6.45) is 6.80. The number of amides is 1. The first kappa shape index (κ1) is 18.3. The minimum absolute atomic E-state index is 0.0833. The quantitative estimate of drug-likeness (QED) is 0.359. The number of methoxy groups -OCH3 is 1. The Bertz CT molecular complexity index is 550. The highest BCUT2D eigenvalue weighted by Crippen LogP contribution is 2.29. The van der Waals surface area contributed by atoms with Gasteiger partial charge in [0.1, 0.15) is 0 Å². The molecule has 132 valence electrons. The van der Waals surface area contributed by atoms with E-state index >= 15 is 0 Å². The molecule has 1 fully saturated rings. The summed E-state index contributed by atoms with van der Waals surface area (Å²) in [4.78, 5) is 26.3. The van der Waals surface area contributed by atoms with E-state index in [9.17, 15) is 9.59 Å². The lowest BCUT2D eigenvalue weighted by atomic mass is 9.87. The first-order valence-electron chi connectivity index (χ1n) is 8.31. The number of esters is 1. The molecule has 2 aliphatic carbocycles. The zero-order valence-corrected chi connectivity index (χ0v) is 14.1. The van der Waals surface area contributed by atoms with Crippen LogP contribution in [-0.4, -0.2) is 43.3 Å². The number of hydrogen-bond acceptors (Lipinski definition) is 5. The molecule has 8 nitrogen and oxygen atoms in total. The van der Waals surface area contributed by atoms with Crippen LogP contribution in [0.3, 0.4) is 0 Å². The van der Waals surface area contributed by atoms with Gasteiger partial charge in [-0.1, -0.05) is 24.4 Å². The van der Waals surface area contributed by atoms with E-state index in [-0.39, 0.29) is 18.4 Å². The number of azide groups is 1. The molecule has 0 aromatic rings. The average molecular weight is 336 g/mol. The van der Waals surface area contributed by atoms with Gasteiger partial charge >= 0.3 is 5.97 Å². The molecule has 2 aliphatic rings. The maximum atomic E-state index is 11.9. The predicted octanol–water partition coefficient (Wildman–Crippen LogP) is 2.39. The Balaban J connectivity index is 2.26. The molecule has 0 aromatic heterocycles. The topological polar surface area (TPSA) is 113 Å². The van der Waals surface area contributed by atoms with E-state index in [1.807, 2.05) is 0 Å². The molecule has 0 spiro atoms. The van der Waals surface area contributed by atoms with E-state index in [2.05, 4.69) is 15.3 Å². The molecule has 0 unspecified atom stereocenters. The zero-order chi connectivity index (χ0) is 17.5. The molecule has 1 saturated carbocycles. The summed E-state index contributed by atoms with van der Waals surface area (Å²) in [5.74, 6) is -0.697. The number of rotatable bonds is 5. The second-order valence-electron chi connectivity index (χ2n) is 6.25. The molecule has 2 rings (SSSR count). The van der Waals surface area contributed by atoms with Crippen molar-refractivity contribution in [2.45, 2.75) is 69.7 Å². The summed E-state index contributed by atoms with van der Waals surface area (Å²) in [6.45, 7) is 1.41. The van der Waals surface area contributed by atoms with Gasteiger partial charge in [-0.2, -0.15) is 0 Å². The third-order valence-electron chi connectivity index (χ3n) is 4.48. The van der Waals surface area contributed by atoms with E-state index in [0.29, 0.717) is 5.57 Å². The van der Waals surface area contributed by atoms with Crippen LogP contribution in [0.5, 0.6) is 0 Å². The third kappa shape index (κ3) is 4.72. The molecule has 24 heavy (non-hydrogen) atoms. The van der Waals surface area contributed by atoms with E-state index in [1.165, 1.54) is 20.5 Å². The van der Waals surface area contributed by atoms with Crippen molar-refractivity contribution in [3.63, 3.8) is 0 Å². The van der Waals surface area contributed by atoms with Crippen molar-refractivity contribution in [1.29, 1.82) is 0 Å². The highest BCUT2D eigenvalue weighted by atomic mass is 16.5. The van der Waals surface area contributed by atoms with Crippen LogP contribution in [-0.2, 0) is 19.1 Å². The molecule has 0 saturated heterocycles. The van der Waals surface area contributed by atoms with Gasteiger partial charge in [0.15, 0.2) is 0 Å². The maximum absolute atomic E-state index is 11.9. The number of nitrogens with one attached hydrogen (secondary N) is 1. The summed E-state index contributed by atoms with van der Waals surface area (Å²) in [5, 5.41) is 6.57. The lowest BCUT2D eigenvalue weighted by Crippen LogP contribution is -2.53. The first-order valence-corrected chi connectivity index (χ1v) is 8.31. The van der Waals surface area contributed by atoms with Crippen molar-refractivity contribution in [2.24, 2.45) is 5.11 Å². The van der Waals surface area contributed by atoms with Gasteiger partial charge in [-0.25, -0.2) is 4.79 Å². The Morgan fingerprint density at radius 2 is 2.04 bits per heavy atom. The SMILES string of the molecule is COC(=O)C1=C[C@@H](OC2CCCCC2)[C@H](NC(C)=O)[C@@H](N=[N+]=[N-])C1. The minimum atomic E-state index is -0.591. The fraction of sp³-hybridized carbons (Fsp3) is 0.750. The van der Waals surface area contributed by atoms with Crippen LogP contribution in [0.15, 0.2) is 16.8 Å². The maximum Gasteiger partial charge on any atom is 0.333 e. The highest BCUT2D eigenvalue weighted by molar-refractivity contribution is 5.89. The molecule has 3 atom stereocenters. The normalized spacial score (nSPS) is 27.6. The monoisotopic (exact) mass is 336 g/mol. The number of hydrogen-bond donors (Lipinski definition) is 1. The van der Waals surface area contributed by atoms with Crippen molar-refractivity contribution in [3.05, 3.63) is 22.1 Å². The molecule has 8 heteroatoms. The third-order valence-corrected chi connectivity index (χ3v) is 4.48. The summed E-state index contributed by atoms with van der Waals surface area (Å²) in [6, 6.07) is -1.08. The Morgan fingerprint density at radius 3 is 2.62 bits per heavy atom. The highest BCUT2D eigenvalue weighted by Gasteiger charge is 2.37. The summed E-state index contributed by atoms with van der Waals surface area (Å²) in [5.41, 5.74) is 9.24. The number of carbonyl (C=O) groups excluding carboxylic acids is 2. The molecule has 0 heterocycles. The lowest BCUT2D eigenvalue weighted by Gasteiger charge is -2.37. The number of nitrogens with zero attached hydrogens (tertiary/aromatic N) is 3. The van der Waals surface area contributed by atoms with Crippen LogP contribution in [0.25, 0.3) is 10.4 Å². The largest absolute Gasteiger partial charge is 0.466 e. The van der Waals surface area contributed by atoms with Crippen LogP contribution >= 0.6 is 0 Å². The Labute approximate surface area is 141 Å². The molecular formula is C16H24N4O4. The smallest absolute Gasteiger partial charge is 0.333 e. The Kier molecular flexibility index (Phi) is 6.63. The van der Waals surface area contributed by atoms with E-state index in [1.54, 1.807) is 6.08 Å². The lowest BCUT2D eigenvalue weighted by molar-refractivity contribution is -0.136. The van der Waals surface area contributed by atoms with Crippen molar-refractivity contribution >= 4 is 11.9 Å². The summed E-state index contributed by atoms with van der Waals surface area (Å²) < 4.78 is 11.0. The molecule has 0 aliphatic heterocycles. The second kappa shape index (κ2) is 8.70. The molecule has 1 amide bonds. The Hall–Kier alpha value is -2.05. The van der Waals surface area contributed by atoms with Gasteiger partial charge < -0.3 is 14.8 Å². The van der Waals surface area contributed by atoms with Crippen LogP contribution < -0.4 is 5.32 Å². The molecule has 0 aromatic carbocycles. The van der Waals surface area contributed by atoms with Crippen LogP contribution in [0.4, 0.5) is 0 Å². The number of ether oxygens (including phenoxy) is 2. The van der Waals surface area contributed by atoms with Crippen LogP contribution in [0.2, 0.25) is 0 Å². The van der Waals surface area contributed by atoms with Gasteiger partial charge in [-0.05, 0) is 30.9 Å². The van der Waals surface area contributed by atoms with Crippen LogP contribution in [0, 0.1) is 0 Å². The van der Waals surface area contributed by atoms with Gasteiger partial charge in [0.05, 0.1) is 31.4 Å². The van der Waals surface area contributed by atoms with Gasteiger partial charge in [0, 0.05) is 17.4 Å². The predicted molar refractivity (Wildman–Crippen MR) is 87.0 cm³/mol. The summed E-state index contributed by atoms with van der Waals surface area (Å²) >= 11 is 0. The van der Waals surface area contributed by atoms with Crippen molar-refractivity contribution in [2.75, 3.05) is 7.11 Å². The second-order valence-corrected chi connectivity index (χ2v) is 6.25. The zero-order valence-electron chi connectivity index (χ0n) is 14.1. The van der Waals surface area contributed by atoms with E-state index < -0.39 is 24.2 Å². The Morgan fingerprint density at radius 1 is 1.33 bits per heavy atom. The average Bonchev–Trinajstić information content (AvgIpc) is 2.57. The fourth-order valence-electron chi connectivity index (χ4n) is 3.36. The first-order chi connectivity index (χ1) is 11.5. The molecule has 0 bridgehead atoms. The molecule has 1 N–H and O–H groups in total. The van der Waals surface area contributed by atoms with E-state index in [0.717, 1.165) is 25.7 Å². The minimum Gasteiger partial charge on any atom is -0.466 e. The summed E-state index contributed by atoms with van der Waals surface area (Å²) in [7, 11) is 1.31. The van der Waals surface area contributed by atoms with Gasteiger partial charge in [0.25, 0.3) is 0 Å². The number of carbonyl (C=O) groups is 2.